The van der Waals surface area contributed by atoms with Crippen molar-refractivity contribution >= 4 is 32.6 Å². The lowest BCUT2D eigenvalue weighted by molar-refractivity contribution is 0.103. The number of nitrogens with one attached hydrogen (secondary N) is 2. The third-order valence-electron chi connectivity index (χ3n) is 7.05. The van der Waals surface area contributed by atoms with E-state index < -0.39 is 10.2 Å². The average Bonchev–Trinajstić information content (AvgIpc) is 3.31. The van der Waals surface area contributed by atoms with E-state index in [1.54, 1.807) is 44.2 Å². The van der Waals surface area contributed by atoms with E-state index >= 15 is 0 Å². The summed E-state index contributed by atoms with van der Waals surface area (Å²) in [4.78, 5) is 16.3. The Balaban J connectivity index is 1.74. The highest BCUT2D eigenvalue weighted by Crippen LogP contribution is 2.32. The van der Waals surface area contributed by atoms with Crippen LogP contribution in [0.5, 0.6) is 5.75 Å². The number of carbonyl (C=O) groups is 1. The predicted octanol–water partition coefficient (Wildman–Crippen LogP) is 7.33. The molecule has 232 valence electrons. The third-order valence-corrected chi connectivity index (χ3v) is 8.33. The van der Waals surface area contributed by atoms with E-state index in [4.69, 9.17) is 9.15 Å². The van der Waals surface area contributed by atoms with Gasteiger partial charge in [0.15, 0.2) is 5.78 Å². The molecule has 1 aromatic heterocycles. The minimum atomic E-state index is -3.76. The van der Waals surface area contributed by atoms with E-state index in [0.29, 0.717) is 46.6 Å². The van der Waals surface area contributed by atoms with Crippen LogP contribution in [0.1, 0.15) is 101 Å². The first-order valence-electron chi connectivity index (χ1n) is 15.5. The molecule has 0 unspecified atom stereocenters. The van der Waals surface area contributed by atoms with Gasteiger partial charge < -0.3 is 14.1 Å². The lowest BCUT2D eigenvalue weighted by atomic mass is 9.98. The Morgan fingerprint density at radius 1 is 0.905 bits per heavy atom. The Morgan fingerprint density at radius 3 is 2.17 bits per heavy atom. The monoisotopic (exact) mass is 599 g/mol. The van der Waals surface area contributed by atoms with Crippen molar-refractivity contribution in [2.45, 2.75) is 92.0 Å². The molecule has 0 saturated heterocycles. The number of anilines is 1. The summed E-state index contributed by atoms with van der Waals surface area (Å²) in [6.45, 7) is 14.0. The molecule has 0 fully saturated rings. The molecule has 9 heteroatoms. The molecule has 0 atom stereocenters. The zero-order valence-electron chi connectivity index (χ0n) is 26.0. The first-order chi connectivity index (χ1) is 20.2. The Morgan fingerprint density at radius 2 is 1.55 bits per heavy atom. The van der Waals surface area contributed by atoms with Crippen LogP contribution in [-0.2, 0) is 16.6 Å². The van der Waals surface area contributed by atoms with Crippen molar-refractivity contribution in [3.8, 4) is 5.75 Å². The average molecular weight is 600 g/mol. The molecule has 0 amide bonds. The van der Waals surface area contributed by atoms with Gasteiger partial charge in [0, 0.05) is 30.0 Å². The molecule has 8 nitrogen and oxygen atoms in total. The first-order valence-corrected chi connectivity index (χ1v) is 17.0. The highest BCUT2D eigenvalue weighted by Gasteiger charge is 2.23. The highest BCUT2D eigenvalue weighted by atomic mass is 32.2. The smallest absolute Gasteiger partial charge is 0.299 e. The molecule has 0 saturated carbocycles. The lowest BCUT2D eigenvalue weighted by Crippen LogP contribution is -2.35. The second kappa shape index (κ2) is 16.7. The molecule has 3 aromatic rings. The van der Waals surface area contributed by atoms with Crippen LogP contribution in [0.3, 0.4) is 0 Å². The summed E-state index contributed by atoms with van der Waals surface area (Å²) in [6, 6.07) is 12.0. The molecule has 0 aliphatic rings. The van der Waals surface area contributed by atoms with Crippen molar-refractivity contribution in [1.82, 2.24) is 9.62 Å². The van der Waals surface area contributed by atoms with Gasteiger partial charge in [-0.25, -0.2) is 0 Å². The summed E-state index contributed by atoms with van der Waals surface area (Å²) in [7, 11) is -3.76. The second-order valence-electron chi connectivity index (χ2n) is 11.2. The van der Waals surface area contributed by atoms with Crippen molar-refractivity contribution in [3.63, 3.8) is 0 Å². The number of rotatable bonds is 20. The number of fused-ring (bicyclic) bond motifs is 1. The maximum absolute atomic E-state index is 13.8. The zero-order valence-corrected chi connectivity index (χ0v) is 26.8. The molecule has 1 heterocycles. The van der Waals surface area contributed by atoms with Gasteiger partial charge in [0.25, 0.3) is 10.2 Å². The molecular formula is C33H49N3O5S. The van der Waals surface area contributed by atoms with Gasteiger partial charge in [-0.2, -0.15) is 13.1 Å². The lowest BCUT2D eigenvalue weighted by Gasteiger charge is -2.21. The van der Waals surface area contributed by atoms with Crippen LogP contribution in [0.15, 0.2) is 46.9 Å². The SMILES string of the molecule is CCCCc1oc2ccc(NS(=O)(=O)NC(C)C)cc2c1C(=O)c1ccc(OCCCN(CCCC)CCCC)cc1. The quantitative estimate of drug-likeness (QED) is 0.104. The van der Waals surface area contributed by atoms with Crippen LogP contribution < -0.4 is 14.2 Å². The summed E-state index contributed by atoms with van der Waals surface area (Å²) in [5.74, 6) is 1.19. The Hall–Kier alpha value is -2.88. The normalized spacial score (nSPS) is 12.0. The van der Waals surface area contributed by atoms with Gasteiger partial charge in [-0.05, 0) is 95.1 Å². The van der Waals surface area contributed by atoms with Crippen LogP contribution >= 0.6 is 0 Å². The minimum absolute atomic E-state index is 0.158. The number of nitrogens with zero attached hydrogens (tertiary/aromatic N) is 1. The fraction of sp³-hybridized carbons (Fsp3) is 0.545. The summed E-state index contributed by atoms with van der Waals surface area (Å²) in [6.07, 6.45) is 8.25. The van der Waals surface area contributed by atoms with Crippen LogP contribution in [0.2, 0.25) is 0 Å². The standard InChI is InChI=1S/C33H49N3O5S/c1-6-9-13-31-32(29-24-27(16-19-30(29)41-31)35-42(38,39)34-25(4)5)33(37)26-14-17-28(18-15-26)40-23-12-22-36(20-10-7-2)21-11-8-3/h14-19,24-25,34-35H,6-13,20-23H2,1-5H3. The molecule has 0 spiro atoms. The third kappa shape index (κ3) is 10.1. The molecule has 0 aliphatic carbocycles. The molecule has 2 aromatic carbocycles. The van der Waals surface area contributed by atoms with E-state index in [1.165, 1.54) is 25.7 Å². The van der Waals surface area contributed by atoms with E-state index in [0.717, 1.165) is 44.6 Å². The van der Waals surface area contributed by atoms with Gasteiger partial charge in [0.1, 0.15) is 17.1 Å². The number of hydrogen-bond acceptors (Lipinski definition) is 6. The number of furan rings is 1. The number of carbonyl (C=O) groups excluding carboxylic acids is 1. The number of ether oxygens (including phenoxy) is 1. The first kappa shape index (κ1) is 33.6. The van der Waals surface area contributed by atoms with Gasteiger partial charge in [-0.3, -0.25) is 9.52 Å². The fourth-order valence-corrected chi connectivity index (χ4v) is 6.01. The molecule has 3 rings (SSSR count). The van der Waals surface area contributed by atoms with Gasteiger partial charge in [0.05, 0.1) is 17.9 Å². The van der Waals surface area contributed by atoms with Gasteiger partial charge in [-0.15, -0.1) is 0 Å². The largest absolute Gasteiger partial charge is 0.494 e. The minimum Gasteiger partial charge on any atom is -0.494 e. The summed E-state index contributed by atoms with van der Waals surface area (Å²) in [5, 5.41) is 0.590. The predicted molar refractivity (Wildman–Crippen MR) is 172 cm³/mol. The Labute approximate surface area is 252 Å². The van der Waals surface area contributed by atoms with Crippen molar-refractivity contribution in [2.75, 3.05) is 31.0 Å². The maximum atomic E-state index is 13.8. The van der Waals surface area contributed by atoms with E-state index in [2.05, 4.69) is 35.1 Å². The van der Waals surface area contributed by atoms with Gasteiger partial charge in [-0.1, -0.05) is 40.0 Å². The van der Waals surface area contributed by atoms with Crippen LogP contribution in [0.4, 0.5) is 5.69 Å². The number of ketones is 1. The summed E-state index contributed by atoms with van der Waals surface area (Å²) < 4.78 is 42.1. The maximum Gasteiger partial charge on any atom is 0.299 e. The molecule has 0 radical (unpaired) electrons. The number of hydrogen-bond donors (Lipinski definition) is 2. The number of aryl methyl sites for hydroxylation is 1. The van der Waals surface area contributed by atoms with E-state index in [9.17, 15) is 13.2 Å². The van der Waals surface area contributed by atoms with Crippen LogP contribution in [-0.4, -0.2) is 51.4 Å². The fourth-order valence-electron chi connectivity index (χ4n) is 4.89. The molecule has 0 aliphatic heterocycles. The second-order valence-corrected chi connectivity index (χ2v) is 12.6. The zero-order chi connectivity index (χ0) is 30.5. The van der Waals surface area contributed by atoms with Crippen LogP contribution in [0.25, 0.3) is 11.0 Å². The topological polar surface area (TPSA) is 101 Å². The summed E-state index contributed by atoms with van der Waals surface area (Å²) in [5.41, 5.74) is 1.92. The van der Waals surface area contributed by atoms with Gasteiger partial charge in [0.2, 0.25) is 0 Å². The number of benzene rings is 2. The molecule has 2 N–H and O–H groups in total. The van der Waals surface area contributed by atoms with Crippen molar-refractivity contribution in [1.29, 1.82) is 0 Å². The van der Waals surface area contributed by atoms with Gasteiger partial charge >= 0.3 is 0 Å². The van der Waals surface area contributed by atoms with E-state index in [-0.39, 0.29) is 11.8 Å². The Bertz CT molecular complexity index is 1360. The van der Waals surface area contributed by atoms with Crippen LogP contribution in [0, 0.1) is 0 Å². The van der Waals surface area contributed by atoms with Crippen molar-refractivity contribution in [3.05, 3.63) is 59.4 Å². The van der Waals surface area contributed by atoms with Crippen molar-refractivity contribution < 1.29 is 22.4 Å². The highest BCUT2D eigenvalue weighted by molar-refractivity contribution is 7.90. The molecule has 0 bridgehead atoms. The molecular weight excluding hydrogens is 550 g/mol. The number of unbranched alkanes of at least 4 members (excludes halogenated alkanes) is 3. The summed E-state index contributed by atoms with van der Waals surface area (Å²) >= 11 is 0. The Kier molecular flexibility index (Phi) is 13.4. The van der Waals surface area contributed by atoms with Crippen molar-refractivity contribution in [2.24, 2.45) is 0 Å². The molecule has 42 heavy (non-hydrogen) atoms. The van der Waals surface area contributed by atoms with E-state index in [1.807, 2.05) is 12.1 Å².